The molecule has 27 heavy (non-hydrogen) atoms. The molecule has 1 aromatic carbocycles. The number of amides is 1. The summed E-state index contributed by atoms with van der Waals surface area (Å²) in [6, 6.07) is 8.13. The van der Waals surface area contributed by atoms with Gasteiger partial charge in [-0.2, -0.15) is 0 Å². The van der Waals surface area contributed by atoms with Crippen molar-refractivity contribution in [2.45, 2.75) is 38.3 Å². The first-order valence-corrected chi connectivity index (χ1v) is 10.2. The Labute approximate surface area is 162 Å². The summed E-state index contributed by atoms with van der Waals surface area (Å²) >= 11 is 0. The molecule has 1 atom stereocenters. The zero-order chi connectivity index (χ0) is 19.1. The van der Waals surface area contributed by atoms with Crippen molar-refractivity contribution in [2.24, 2.45) is 5.92 Å². The van der Waals surface area contributed by atoms with Gasteiger partial charge in [0.1, 0.15) is 5.75 Å². The van der Waals surface area contributed by atoms with Gasteiger partial charge in [0.05, 0.1) is 12.5 Å². The van der Waals surface area contributed by atoms with Crippen LogP contribution in [0.1, 0.15) is 31.2 Å². The largest absolute Gasteiger partial charge is 0.508 e. The summed E-state index contributed by atoms with van der Waals surface area (Å²) in [5.74, 6) is 0.629. The number of ether oxygens (including phenoxy) is 1. The van der Waals surface area contributed by atoms with Crippen molar-refractivity contribution in [3.8, 4) is 5.75 Å². The molecule has 0 radical (unpaired) electrons. The maximum absolute atomic E-state index is 12.4. The van der Waals surface area contributed by atoms with E-state index in [1.807, 2.05) is 12.1 Å². The Morgan fingerprint density at radius 1 is 1.26 bits per heavy atom. The third kappa shape index (κ3) is 5.92. The number of carbonyl (C=O) groups is 1. The minimum absolute atomic E-state index is 0.112. The van der Waals surface area contributed by atoms with Crippen LogP contribution in [0.15, 0.2) is 24.3 Å². The normalized spacial score (nSPS) is 22.6. The monoisotopic (exact) mass is 375 g/mol. The number of aromatic hydroxyl groups is 1. The second-order valence-corrected chi connectivity index (χ2v) is 7.80. The van der Waals surface area contributed by atoms with Crippen LogP contribution >= 0.6 is 0 Å². The fourth-order valence-corrected chi connectivity index (χ4v) is 4.33. The summed E-state index contributed by atoms with van der Waals surface area (Å²) < 4.78 is 5.01. The van der Waals surface area contributed by atoms with Crippen LogP contribution in [0.5, 0.6) is 5.75 Å². The highest BCUT2D eigenvalue weighted by atomic mass is 16.5. The first-order valence-electron chi connectivity index (χ1n) is 10.2. The van der Waals surface area contributed by atoms with E-state index in [-0.39, 0.29) is 11.8 Å². The molecule has 0 unspecified atom stereocenters. The molecule has 0 saturated carbocycles. The number of phenols is 1. The number of phenolic OH excluding ortho intramolecular Hbond substituents is 1. The number of nitrogens with zero attached hydrogens (tertiary/aromatic N) is 2. The third-order valence-corrected chi connectivity index (χ3v) is 5.82. The molecular formula is C21H33N3O3. The van der Waals surface area contributed by atoms with E-state index < -0.39 is 0 Å². The summed E-state index contributed by atoms with van der Waals surface area (Å²) in [5.41, 5.74) is 1.17. The fourth-order valence-electron chi connectivity index (χ4n) is 4.33. The number of hydrogen-bond acceptors (Lipinski definition) is 5. The summed E-state index contributed by atoms with van der Waals surface area (Å²) in [5, 5.41) is 12.6. The zero-order valence-electron chi connectivity index (χ0n) is 16.4. The number of carbonyl (C=O) groups excluding carboxylic acids is 1. The lowest BCUT2D eigenvalue weighted by atomic mass is 9.93. The van der Waals surface area contributed by atoms with Crippen molar-refractivity contribution in [2.75, 3.05) is 46.4 Å². The van der Waals surface area contributed by atoms with Crippen LogP contribution in [-0.2, 0) is 16.1 Å². The smallest absolute Gasteiger partial charge is 0.224 e. The number of likely N-dealkylation sites (tertiary alicyclic amines) is 2. The molecule has 2 saturated heterocycles. The van der Waals surface area contributed by atoms with Crippen LogP contribution < -0.4 is 5.32 Å². The molecule has 2 aliphatic rings. The quantitative estimate of drug-likeness (QED) is 0.712. The molecular weight excluding hydrogens is 342 g/mol. The molecule has 2 N–H and O–H groups in total. The van der Waals surface area contributed by atoms with Crippen LogP contribution in [0.4, 0.5) is 0 Å². The van der Waals surface area contributed by atoms with Crippen molar-refractivity contribution in [1.29, 1.82) is 0 Å². The van der Waals surface area contributed by atoms with Gasteiger partial charge in [0.2, 0.25) is 5.91 Å². The molecule has 0 bridgehead atoms. The van der Waals surface area contributed by atoms with Gasteiger partial charge < -0.3 is 15.2 Å². The Hall–Kier alpha value is -1.63. The van der Waals surface area contributed by atoms with Crippen molar-refractivity contribution < 1.29 is 14.6 Å². The molecule has 1 aromatic rings. The number of rotatable bonds is 7. The van der Waals surface area contributed by atoms with Crippen molar-refractivity contribution in [3.63, 3.8) is 0 Å². The predicted octanol–water partition coefficient (Wildman–Crippen LogP) is 1.83. The van der Waals surface area contributed by atoms with Gasteiger partial charge in [0, 0.05) is 32.8 Å². The predicted molar refractivity (Wildman–Crippen MR) is 106 cm³/mol. The fraction of sp³-hybridized carbons (Fsp3) is 0.667. The van der Waals surface area contributed by atoms with Crippen molar-refractivity contribution >= 4 is 5.91 Å². The molecule has 0 aliphatic carbocycles. The molecule has 2 fully saturated rings. The topological polar surface area (TPSA) is 65.0 Å². The number of benzene rings is 1. The Bertz CT molecular complexity index is 602. The van der Waals surface area contributed by atoms with E-state index in [0.29, 0.717) is 24.9 Å². The maximum atomic E-state index is 12.4. The lowest BCUT2D eigenvalue weighted by Gasteiger charge is -2.42. The van der Waals surface area contributed by atoms with E-state index in [1.54, 1.807) is 13.2 Å². The maximum Gasteiger partial charge on any atom is 0.224 e. The molecule has 1 amide bonds. The van der Waals surface area contributed by atoms with Crippen LogP contribution in [-0.4, -0.2) is 73.3 Å². The van der Waals surface area contributed by atoms with E-state index in [0.717, 1.165) is 58.4 Å². The summed E-state index contributed by atoms with van der Waals surface area (Å²) in [7, 11) is 1.65. The molecule has 6 heteroatoms. The molecule has 0 aromatic heterocycles. The van der Waals surface area contributed by atoms with Gasteiger partial charge in [-0.3, -0.25) is 14.6 Å². The van der Waals surface area contributed by atoms with Crippen molar-refractivity contribution in [1.82, 2.24) is 15.1 Å². The lowest BCUT2D eigenvalue weighted by molar-refractivity contribution is -0.127. The van der Waals surface area contributed by atoms with Crippen LogP contribution in [0.3, 0.4) is 0 Å². The number of hydrogen-bond donors (Lipinski definition) is 2. The van der Waals surface area contributed by atoms with E-state index in [2.05, 4.69) is 21.2 Å². The van der Waals surface area contributed by atoms with Gasteiger partial charge in [0.15, 0.2) is 0 Å². The van der Waals surface area contributed by atoms with Crippen LogP contribution in [0, 0.1) is 5.92 Å². The van der Waals surface area contributed by atoms with Gasteiger partial charge >= 0.3 is 0 Å². The van der Waals surface area contributed by atoms with E-state index in [4.69, 9.17) is 4.74 Å². The average molecular weight is 376 g/mol. The van der Waals surface area contributed by atoms with Gasteiger partial charge in [-0.1, -0.05) is 12.1 Å². The number of methoxy groups -OCH3 is 1. The number of piperidine rings is 2. The van der Waals surface area contributed by atoms with Gasteiger partial charge in [-0.05, 0) is 63.0 Å². The van der Waals surface area contributed by atoms with E-state index >= 15 is 0 Å². The summed E-state index contributed by atoms with van der Waals surface area (Å²) in [6.45, 7) is 6.20. The molecule has 6 nitrogen and oxygen atoms in total. The minimum atomic E-state index is 0.112. The second kappa shape index (κ2) is 10.1. The zero-order valence-corrected chi connectivity index (χ0v) is 16.4. The first-order chi connectivity index (χ1) is 13.2. The van der Waals surface area contributed by atoms with Crippen LogP contribution in [0.2, 0.25) is 0 Å². The molecule has 2 heterocycles. The van der Waals surface area contributed by atoms with Crippen LogP contribution in [0.25, 0.3) is 0 Å². The van der Waals surface area contributed by atoms with Crippen molar-refractivity contribution in [3.05, 3.63) is 29.8 Å². The summed E-state index contributed by atoms with van der Waals surface area (Å²) in [6.07, 6.45) is 4.39. The molecule has 0 spiro atoms. The van der Waals surface area contributed by atoms with E-state index in [9.17, 15) is 9.90 Å². The Morgan fingerprint density at radius 3 is 2.81 bits per heavy atom. The summed E-state index contributed by atoms with van der Waals surface area (Å²) in [4.78, 5) is 17.4. The third-order valence-electron chi connectivity index (χ3n) is 5.82. The Balaban J connectivity index is 1.44. The highest BCUT2D eigenvalue weighted by molar-refractivity contribution is 5.78. The lowest BCUT2D eigenvalue weighted by Crippen LogP contribution is -2.50. The first kappa shape index (κ1) is 20.1. The average Bonchev–Trinajstić information content (AvgIpc) is 2.69. The highest BCUT2D eigenvalue weighted by Gasteiger charge is 2.31. The SMILES string of the molecule is COCCNC(=O)[C@H]1CCCN(C2CCN(Cc3cccc(O)c3)CC2)C1. The minimum Gasteiger partial charge on any atom is -0.508 e. The Kier molecular flexibility index (Phi) is 7.50. The molecule has 3 rings (SSSR count). The Morgan fingerprint density at radius 2 is 2.07 bits per heavy atom. The highest BCUT2D eigenvalue weighted by Crippen LogP contribution is 2.25. The molecule has 150 valence electrons. The second-order valence-electron chi connectivity index (χ2n) is 7.80. The van der Waals surface area contributed by atoms with Gasteiger partial charge in [0.25, 0.3) is 0 Å². The number of nitrogens with one attached hydrogen (secondary N) is 1. The van der Waals surface area contributed by atoms with Gasteiger partial charge in [-0.25, -0.2) is 0 Å². The van der Waals surface area contributed by atoms with Gasteiger partial charge in [-0.15, -0.1) is 0 Å². The standard InChI is InChI=1S/C21H33N3O3/c1-27-13-9-22-21(26)18-5-3-10-24(16-18)19-7-11-23(12-8-19)15-17-4-2-6-20(25)14-17/h2,4,6,14,18-19,25H,3,5,7-13,15-16H2,1H3,(H,22,26)/t18-/m0/s1. The van der Waals surface area contributed by atoms with E-state index in [1.165, 1.54) is 5.56 Å². The molecule has 2 aliphatic heterocycles.